The van der Waals surface area contributed by atoms with Gasteiger partial charge in [0.2, 0.25) is 0 Å². The van der Waals surface area contributed by atoms with Crippen molar-refractivity contribution in [3.05, 3.63) is 36.4 Å². The number of hydrogen-bond acceptors (Lipinski definition) is 3. The molecule has 0 saturated heterocycles. The van der Waals surface area contributed by atoms with Crippen LogP contribution in [0.25, 0.3) is 10.8 Å². The van der Waals surface area contributed by atoms with Gasteiger partial charge >= 0.3 is 5.97 Å². The molecule has 2 aromatic rings. The summed E-state index contributed by atoms with van der Waals surface area (Å²) in [7, 11) is 0. The van der Waals surface area contributed by atoms with Gasteiger partial charge in [0.05, 0.1) is 0 Å². The van der Waals surface area contributed by atoms with Crippen molar-refractivity contribution in [1.29, 1.82) is 0 Å². The summed E-state index contributed by atoms with van der Waals surface area (Å²) in [5, 5.41) is 19.8. The Morgan fingerprint density at radius 1 is 1.29 bits per heavy atom. The molecule has 17 heavy (non-hydrogen) atoms. The first-order chi connectivity index (χ1) is 8.08. The van der Waals surface area contributed by atoms with Crippen LogP contribution in [0.2, 0.25) is 0 Å². The molecule has 2 N–H and O–H groups in total. The number of benzene rings is 2. The summed E-state index contributed by atoms with van der Waals surface area (Å²) in [4.78, 5) is 10.7. The molecule has 0 aromatic heterocycles. The van der Waals surface area contributed by atoms with Gasteiger partial charge in [-0.25, -0.2) is 4.79 Å². The van der Waals surface area contributed by atoms with Crippen LogP contribution in [0.5, 0.6) is 11.5 Å². The summed E-state index contributed by atoms with van der Waals surface area (Å²) in [6, 6.07) is 10.2. The minimum Gasteiger partial charge on any atom is -0.508 e. The second-order valence-corrected chi connectivity index (χ2v) is 3.76. The van der Waals surface area contributed by atoms with E-state index in [0.29, 0.717) is 11.1 Å². The van der Waals surface area contributed by atoms with E-state index in [2.05, 4.69) is 0 Å². The monoisotopic (exact) mass is 232 g/mol. The summed E-state index contributed by atoms with van der Waals surface area (Å²) in [6.45, 7) is 1.46. The normalized spacial score (nSPS) is 12.3. The molecule has 0 amide bonds. The number of ether oxygens (including phenoxy) is 1. The van der Waals surface area contributed by atoms with E-state index in [0.717, 1.165) is 5.39 Å². The molecule has 0 aliphatic carbocycles. The third-order valence-electron chi connectivity index (χ3n) is 2.48. The van der Waals surface area contributed by atoms with Crippen LogP contribution in [0, 0.1) is 0 Å². The molecule has 1 unspecified atom stereocenters. The van der Waals surface area contributed by atoms with E-state index < -0.39 is 12.1 Å². The number of phenolic OH excluding ortho intramolecular Hbond substituents is 1. The van der Waals surface area contributed by atoms with Gasteiger partial charge in [-0.3, -0.25) is 0 Å². The number of fused-ring (bicyclic) bond motifs is 1. The van der Waals surface area contributed by atoms with Crippen LogP contribution in [-0.2, 0) is 4.79 Å². The first-order valence-corrected chi connectivity index (χ1v) is 5.19. The molecular weight excluding hydrogens is 220 g/mol. The van der Waals surface area contributed by atoms with E-state index in [4.69, 9.17) is 9.84 Å². The molecule has 0 heterocycles. The van der Waals surface area contributed by atoms with Crippen molar-refractivity contribution in [3.63, 3.8) is 0 Å². The third-order valence-corrected chi connectivity index (χ3v) is 2.48. The molecule has 2 aromatic carbocycles. The Balaban J connectivity index is 2.46. The van der Waals surface area contributed by atoms with Gasteiger partial charge in [0.15, 0.2) is 6.10 Å². The molecule has 88 valence electrons. The Morgan fingerprint density at radius 3 is 2.76 bits per heavy atom. The molecule has 0 bridgehead atoms. The third kappa shape index (κ3) is 2.30. The van der Waals surface area contributed by atoms with E-state index in [1.54, 1.807) is 30.3 Å². The van der Waals surface area contributed by atoms with Crippen LogP contribution in [-0.4, -0.2) is 22.3 Å². The fourth-order valence-corrected chi connectivity index (χ4v) is 1.58. The second kappa shape index (κ2) is 4.33. The van der Waals surface area contributed by atoms with Crippen LogP contribution >= 0.6 is 0 Å². The molecule has 0 aliphatic rings. The van der Waals surface area contributed by atoms with Crippen molar-refractivity contribution in [2.45, 2.75) is 13.0 Å². The maximum absolute atomic E-state index is 10.7. The lowest BCUT2D eigenvalue weighted by Crippen LogP contribution is -2.22. The highest BCUT2D eigenvalue weighted by molar-refractivity contribution is 5.89. The topological polar surface area (TPSA) is 66.8 Å². The highest BCUT2D eigenvalue weighted by Gasteiger charge is 2.14. The maximum atomic E-state index is 10.7. The van der Waals surface area contributed by atoms with Crippen molar-refractivity contribution in [2.24, 2.45) is 0 Å². The fourth-order valence-electron chi connectivity index (χ4n) is 1.58. The van der Waals surface area contributed by atoms with E-state index in [9.17, 15) is 9.90 Å². The Morgan fingerprint density at radius 2 is 2.06 bits per heavy atom. The molecule has 4 nitrogen and oxygen atoms in total. The number of carbonyl (C=O) groups is 1. The number of aromatic hydroxyl groups is 1. The highest BCUT2D eigenvalue weighted by Crippen LogP contribution is 2.29. The number of carboxylic acids is 1. The van der Waals surface area contributed by atoms with Gasteiger partial charge in [0.1, 0.15) is 11.5 Å². The molecule has 1 atom stereocenters. The van der Waals surface area contributed by atoms with Crippen molar-refractivity contribution < 1.29 is 19.7 Å². The van der Waals surface area contributed by atoms with Crippen molar-refractivity contribution in [3.8, 4) is 11.5 Å². The van der Waals surface area contributed by atoms with Crippen molar-refractivity contribution in [1.82, 2.24) is 0 Å². The lowest BCUT2D eigenvalue weighted by Gasteiger charge is -2.12. The van der Waals surface area contributed by atoms with E-state index in [1.807, 2.05) is 6.07 Å². The molecule has 4 heteroatoms. The van der Waals surface area contributed by atoms with Crippen molar-refractivity contribution in [2.75, 3.05) is 0 Å². The first-order valence-electron chi connectivity index (χ1n) is 5.19. The second-order valence-electron chi connectivity index (χ2n) is 3.76. The largest absolute Gasteiger partial charge is 0.508 e. The molecule has 2 rings (SSSR count). The summed E-state index contributed by atoms with van der Waals surface area (Å²) in [5.41, 5.74) is 0. The zero-order valence-corrected chi connectivity index (χ0v) is 9.25. The van der Waals surface area contributed by atoms with Gasteiger partial charge in [0, 0.05) is 5.39 Å². The van der Waals surface area contributed by atoms with Crippen LogP contribution in [0.1, 0.15) is 6.92 Å². The lowest BCUT2D eigenvalue weighted by atomic mass is 10.1. The van der Waals surface area contributed by atoms with Crippen LogP contribution in [0.3, 0.4) is 0 Å². The lowest BCUT2D eigenvalue weighted by molar-refractivity contribution is -0.144. The van der Waals surface area contributed by atoms with Gasteiger partial charge in [0.25, 0.3) is 0 Å². The summed E-state index contributed by atoms with van der Waals surface area (Å²) < 4.78 is 5.33. The molecule has 0 fully saturated rings. The number of aliphatic carboxylic acids is 1. The number of carboxylic acid groups (broad SMARTS) is 1. The smallest absolute Gasteiger partial charge is 0.344 e. The fraction of sp³-hybridized carbons (Fsp3) is 0.154. The Labute approximate surface area is 98.1 Å². The van der Waals surface area contributed by atoms with E-state index in [1.165, 1.54) is 6.92 Å². The molecule has 0 radical (unpaired) electrons. The Kier molecular flexibility index (Phi) is 2.87. The average Bonchev–Trinajstić information content (AvgIpc) is 2.29. The highest BCUT2D eigenvalue weighted by atomic mass is 16.5. The van der Waals surface area contributed by atoms with Gasteiger partial charge in [-0.1, -0.05) is 18.2 Å². The summed E-state index contributed by atoms with van der Waals surface area (Å²) in [6.07, 6.45) is -0.928. The Hall–Kier alpha value is -2.23. The summed E-state index contributed by atoms with van der Waals surface area (Å²) in [5.74, 6) is -0.452. The summed E-state index contributed by atoms with van der Waals surface area (Å²) >= 11 is 0. The first kappa shape index (κ1) is 11.3. The Bertz CT molecular complexity index is 562. The van der Waals surface area contributed by atoms with Crippen molar-refractivity contribution >= 4 is 16.7 Å². The zero-order valence-electron chi connectivity index (χ0n) is 9.25. The van der Waals surface area contributed by atoms with E-state index in [-0.39, 0.29) is 5.75 Å². The predicted octanol–water partition coefficient (Wildman–Crippen LogP) is 2.40. The van der Waals surface area contributed by atoms with Crippen LogP contribution in [0.15, 0.2) is 36.4 Å². The SMILES string of the molecule is CC(Oc1cccc2ccc(O)cc12)C(=O)O. The van der Waals surface area contributed by atoms with Gasteiger partial charge < -0.3 is 14.9 Å². The quantitative estimate of drug-likeness (QED) is 0.852. The molecular formula is C13H12O4. The molecule has 0 saturated carbocycles. The zero-order chi connectivity index (χ0) is 12.4. The van der Waals surface area contributed by atoms with Gasteiger partial charge in [-0.15, -0.1) is 0 Å². The standard InChI is InChI=1S/C13H12O4/c1-8(13(15)16)17-12-4-2-3-9-5-6-10(14)7-11(9)12/h2-8,14H,1H3,(H,15,16). The van der Waals surface area contributed by atoms with Crippen LogP contribution in [0.4, 0.5) is 0 Å². The molecule has 0 spiro atoms. The number of rotatable bonds is 3. The number of hydrogen-bond donors (Lipinski definition) is 2. The van der Waals surface area contributed by atoms with Gasteiger partial charge in [-0.05, 0) is 30.5 Å². The maximum Gasteiger partial charge on any atom is 0.344 e. The van der Waals surface area contributed by atoms with E-state index >= 15 is 0 Å². The van der Waals surface area contributed by atoms with Crippen LogP contribution < -0.4 is 4.74 Å². The average molecular weight is 232 g/mol. The minimum atomic E-state index is -1.03. The van der Waals surface area contributed by atoms with Gasteiger partial charge in [-0.2, -0.15) is 0 Å². The predicted molar refractivity (Wildman–Crippen MR) is 63.3 cm³/mol. The minimum absolute atomic E-state index is 0.122. The molecule has 0 aliphatic heterocycles. The number of phenols is 1.